The van der Waals surface area contributed by atoms with E-state index in [9.17, 15) is 0 Å². The van der Waals surface area contributed by atoms with E-state index >= 15 is 0 Å². The quantitative estimate of drug-likeness (QED) is 0.701. The van der Waals surface area contributed by atoms with E-state index in [1.807, 2.05) is 53.6 Å². The number of nitrogens with two attached hydrogens (primary N) is 1. The topological polar surface area (TPSA) is 33.8 Å². The molecule has 2 aromatic rings. The molecule has 2 aromatic heterocycles. The van der Waals surface area contributed by atoms with E-state index in [-0.39, 0.29) is 0 Å². The minimum absolute atomic E-state index is 0.664. The van der Waals surface area contributed by atoms with Crippen LogP contribution in [0.15, 0.2) is 55.0 Å². The number of pyridine rings is 2. The zero-order chi connectivity index (χ0) is 10.5. The fourth-order valence-electron chi connectivity index (χ4n) is 1.57. The largest absolute Gasteiger partial charge is 0.330 e. The Hall–Kier alpha value is -1.74. The zero-order valence-electron chi connectivity index (χ0n) is 8.58. The lowest BCUT2D eigenvalue weighted by Crippen LogP contribution is -2.67. The summed E-state index contributed by atoms with van der Waals surface area (Å²) >= 11 is 0. The molecule has 0 fully saturated rings. The molecule has 0 saturated heterocycles. The van der Waals surface area contributed by atoms with Crippen molar-refractivity contribution in [2.24, 2.45) is 5.73 Å². The van der Waals surface area contributed by atoms with Crippen LogP contribution in [0, 0.1) is 0 Å². The van der Waals surface area contributed by atoms with E-state index < -0.39 is 0 Å². The van der Waals surface area contributed by atoms with E-state index in [0.717, 1.165) is 6.42 Å². The minimum Gasteiger partial charge on any atom is -0.330 e. The molecule has 0 spiro atoms. The van der Waals surface area contributed by atoms with Crippen molar-refractivity contribution >= 4 is 0 Å². The van der Waals surface area contributed by atoms with Crippen LogP contribution in [0.3, 0.4) is 0 Å². The third kappa shape index (κ3) is 2.19. The summed E-state index contributed by atoms with van der Waals surface area (Å²) in [6, 6.07) is 12.2. The highest BCUT2D eigenvalue weighted by Crippen LogP contribution is 1.90. The Kier molecular flexibility index (Phi) is 3.05. The summed E-state index contributed by atoms with van der Waals surface area (Å²) in [5, 5.41) is 0. The Morgan fingerprint density at radius 1 is 0.933 bits per heavy atom. The second kappa shape index (κ2) is 4.66. The van der Waals surface area contributed by atoms with Crippen LogP contribution in [0.5, 0.6) is 0 Å². The first kappa shape index (κ1) is 9.80. The van der Waals surface area contributed by atoms with Crippen molar-refractivity contribution in [1.29, 1.82) is 0 Å². The van der Waals surface area contributed by atoms with Gasteiger partial charge < -0.3 is 5.73 Å². The number of hydrogen-bond acceptors (Lipinski definition) is 1. The van der Waals surface area contributed by atoms with E-state index in [1.54, 1.807) is 0 Å². The van der Waals surface area contributed by atoms with Crippen molar-refractivity contribution in [2.75, 3.05) is 6.54 Å². The van der Waals surface area contributed by atoms with Gasteiger partial charge in [0.15, 0.2) is 0 Å². The van der Waals surface area contributed by atoms with Crippen molar-refractivity contribution < 1.29 is 9.35 Å². The smallest absolute Gasteiger partial charge is 0.255 e. The lowest BCUT2D eigenvalue weighted by atomic mass is 10.3. The summed E-state index contributed by atoms with van der Waals surface area (Å²) in [4.78, 5) is 0. The maximum Gasteiger partial charge on any atom is 0.255 e. The van der Waals surface area contributed by atoms with Crippen LogP contribution in [0.4, 0.5) is 0 Å². The molecular weight excluding hydrogens is 186 g/mol. The van der Waals surface area contributed by atoms with Crippen LogP contribution in [0.2, 0.25) is 0 Å². The summed E-state index contributed by atoms with van der Waals surface area (Å²) in [5.74, 6) is 0. The van der Waals surface area contributed by atoms with Crippen LogP contribution in [-0.4, -0.2) is 6.54 Å². The highest BCUT2D eigenvalue weighted by Gasteiger charge is 2.16. The molecule has 3 nitrogen and oxygen atoms in total. The van der Waals surface area contributed by atoms with Gasteiger partial charge in [-0.1, -0.05) is 0 Å². The van der Waals surface area contributed by atoms with E-state index in [1.165, 1.54) is 5.69 Å². The maximum atomic E-state index is 5.58. The Morgan fingerprint density at radius 3 is 2.40 bits per heavy atom. The minimum atomic E-state index is 0.664. The van der Waals surface area contributed by atoms with Gasteiger partial charge in [-0.15, -0.1) is 0 Å². The Morgan fingerprint density at radius 2 is 1.67 bits per heavy atom. The van der Waals surface area contributed by atoms with E-state index in [4.69, 9.17) is 5.73 Å². The first-order valence-corrected chi connectivity index (χ1v) is 5.08. The molecule has 0 atom stereocenters. The van der Waals surface area contributed by atoms with Gasteiger partial charge in [-0.3, -0.25) is 0 Å². The summed E-state index contributed by atoms with van der Waals surface area (Å²) in [6.07, 6.45) is 6.94. The van der Waals surface area contributed by atoms with Crippen molar-refractivity contribution in [1.82, 2.24) is 0 Å². The normalized spacial score (nSPS) is 10.2. The van der Waals surface area contributed by atoms with Gasteiger partial charge >= 0.3 is 0 Å². The van der Waals surface area contributed by atoms with Gasteiger partial charge in [0.1, 0.15) is 0 Å². The zero-order valence-corrected chi connectivity index (χ0v) is 8.58. The average Bonchev–Trinajstić information content (AvgIpc) is 2.31. The molecule has 0 radical (unpaired) electrons. The number of hydrogen-bond donors (Lipinski definition) is 1. The lowest BCUT2D eigenvalue weighted by Gasteiger charge is -1.94. The molecule has 0 unspecified atom stereocenters. The first-order chi connectivity index (χ1) is 7.42. The van der Waals surface area contributed by atoms with E-state index in [0.29, 0.717) is 6.54 Å². The van der Waals surface area contributed by atoms with Crippen LogP contribution >= 0.6 is 0 Å². The van der Waals surface area contributed by atoms with Gasteiger partial charge in [0, 0.05) is 30.8 Å². The SMILES string of the molecule is NCCc1cccc[n+]1-[n+]1ccccc1. The van der Waals surface area contributed by atoms with Crippen LogP contribution in [0.1, 0.15) is 5.69 Å². The molecule has 0 aliphatic heterocycles. The van der Waals surface area contributed by atoms with Gasteiger partial charge in [0.25, 0.3) is 5.69 Å². The highest BCUT2D eigenvalue weighted by molar-refractivity contribution is 4.97. The fourth-order valence-corrected chi connectivity index (χ4v) is 1.57. The van der Waals surface area contributed by atoms with Gasteiger partial charge in [-0.05, 0) is 12.1 Å². The average molecular weight is 201 g/mol. The second-order valence-electron chi connectivity index (χ2n) is 3.33. The predicted octanol–water partition coefficient (Wildman–Crippen LogP) is 0.0742. The molecule has 15 heavy (non-hydrogen) atoms. The van der Waals surface area contributed by atoms with Crippen LogP contribution in [-0.2, 0) is 6.42 Å². The number of rotatable bonds is 3. The van der Waals surface area contributed by atoms with Gasteiger partial charge in [-0.25, -0.2) is 0 Å². The van der Waals surface area contributed by atoms with Gasteiger partial charge in [0.2, 0.25) is 18.6 Å². The molecule has 0 aliphatic rings. The predicted molar refractivity (Wildman–Crippen MR) is 56.8 cm³/mol. The molecule has 0 aromatic carbocycles. The van der Waals surface area contributed by atoms with Gasteiger partial charge in [0.05, 0.1) is 15.8 Å². The third-order valence-corrected chi connectivity index (χ3v) is 2.27. The first-order valence-electron chi connectivity index (χ1n) is 5.08. The highest BCUT2D eigenvalue weighted by atomic mass is 15.4. The third-order valence-electron chi connectivity index (χ3n) is 2.27. The molecule has 2 rings (SSSR count). The molecule has 0 bridgehead atoms. The summed E-state index contributed by atoms with van der Waals surface area (Å²) in [7, 11) is 0. The molecule has 3 heteroatoms. The fraction of sp³-hybridized carbons (Fsp3) is 0.167. The van der Waals surface area contributed by atoms with Crippen molar-refractivity contribution in [2.45, 2.75) is 6.42 Å². The second-order valence-corrected chi connectivity index (χ2v) is 3.33. The van der Waals surface area contributed by atoms with Crippen molar-refractivity contribution in [3.05, 3.63) is 60.7 Å². The summed E-state index contributed by atoms with van der Waals surface area (Å²) in [6.45, 7) is 0.664. The van der Waals surface area contributed by atoms with Crippen LogP contribution < -0.4 is 15.1 Å². The van der Waals surface area contributed by atoms with Crippen molar-refractivity contribution in [3.8, 4) is 0 Å². The molecule has 0 aliphatic carbocycles. The molecule has 2 N–H and O–H groups in total. The number of aromatic nitrogens is 2. The summed E-state index contributed by atoms with van der Waals surface area (Å²) < 4.78 is 4.12. The van der Waals surface area contributed by atoms with Crippen molar-refractivity contribution in [3.63, 3.8) is 0 Å². The molecule has 0 amide bonds. The standard InChI is InChI=1S/C12H15N3/c13-8-7-12-6-2-5-11-15(12)14-9-3-1-4-10-14/h1-6,9-11H,7-8,13H2/q+2. The Balaban J connectivity index is 2.43. The monoisotopic (exact) mass is 201 g/mol. The Bertz CT molecular complexity index is 426. The van der Waals surface area contributed by atoms with Gasteiger partial charge in [-0.2, -0.15) is 0 Å². The summed E-state index contributed by atoms with van der Waals surface area (Å²) in [5.41, 5.74) is 6.79. The maximum absolute atomic E-state index is 5.58. The van der Waals surface area contributed by atoms with E-state index in [2.05, 4.69) is 10.7 Å². The molecule has 0 saturated carbocycles. The number of nitrogens with zero attached hydrogens (tertiary/aromatic N) is 2. The molecular formula is C12H15N3+2. The van der Waals surface area contributed by atoms with Crippen LogP contribution in [0.25, 0.3) is 0 Å². The Labute approximate surface area is 89.4 Å². The lowest BCUT2D eigenvalue weighted by molar-refractivity contribution is -1.30. The molecule has 2 heterocycles. The molecule has 76 valence electrons.